The Morgan fingerprint density at radius 1 is 1.02 bits per heavy atom. The lowest BCUT2D eigenvalue weighted by molar-refractivity contribution is -0.172. The molecule has 1 aromatic carbocycles. The molecule has 0 saturated carbocycles. The van der Waals surface area contributed by atoms with Crippen molar-refractivity contribution >= 4 is 29.1 Å². The summed E-state index contributed by atoms with van der Waals surface area (Å²) in [6.45, 7) is 10.5. The summed E-state index contributed by atoms with van der Waals surface area (Å²) in [6.07, 6.45) is -0.209. The van der Waals surface area contributed by atoms with Gasteiger partial charge in [-0.25, -0.2) is 19.4 Å². The number of piperazine rings is 1. The van der Waals surface area contributed by atoms with Gasteiger partial charge in [-0.05, 0) is 63.4 Å². The van der Waals surface area contributed by atoms with Crippen LogP contribution in [0.15, 0.2) is 29.1 Å². The quantitative estimate of drug-likeness (QED) is 0.347. The maximum Gasteiger partial charge on any atom is 0.415 e. The Kier molecular flexibility index (Phi) is 7.15. The van der Waals surface area contributed by atoms with Gasteiger partial charge in [-0.1, -0.05) is 13.8 Å². The van der Waals surface area contributed by atoms with Crippen LogP contribution in [0.2, 0.25) is 0 Å². The van der Waals surface area contributed by atoms with E-state index in [4.69, 9.17) is 19.2 Å². The number of carbonyl (C=O) groups is 3. The van der Waals surface area contributed by atoms with Gasteiger partial charge in [0, 0.05) is 42.7 Å². The number of cyclic esters (lactones) is 1. The van der Waals surface area contributed by atoms with Crippen LogP contribution in [-0.4, -0.2) is 74.4 Å². The van der Waals surface area contributed by atoms with E-state index in [1.807, 2.05) is 27.7 Å². The number of hydrogen-bond donors (Lipinski definition) is 1. The van der Waals surface area contributed by atoms with E-state index in [0.29, 0.717) is 55.3 Å². The van der Waals surface area contributed by atoms with Gasteiger partial charge in [0.15, 0.2) is 5.60 Å². The number of nitrogens with zero attached hydrogens (tertiary/aromatic N) is 4. The molecule has 5 heterocycles. The van der Waals surface area contributed by atoms with E-state index in [1.54, 1.807) is 45.6 Å². The fraction of sp³-hybridized carbons (Fsp3) is 0.469. The van der Waals surface area contributed by atoms with Crippen LogP contribution in [0, 0.1) is 0 Å². The van der Waals surface area contributed by atoms with Crippen LogP contribution >= 0.6 is 0 Å². The SMILES string of the molecule is CCc1c2c(nc3ccc(OC(=O)N4CCN(C(=O)OC(C)(C)C)CC4)cc13)-c1cc3c(c(=O)n1C2)COC(=O)[C@]3(O)CC. The molecule has 0 aliphatic carbocycles. The number of ether oxygens (including phenoxy) is 3. The van der Waals surface area contributed by atoms with Gasteiger partial charge in [0.25, 0.3) is 5.56 Å². The third kappa shape index (κ3) is 4.86. The molecule has 3 aromatic rings. The topological polar surface area (TPSA) is 140 Å². The summed E-state index contributed by atoms with van der Waals surface area (Å²) in [6, 6.07) is 6.94. The monoisotopic (exact) mass is 604 g/mol. The van der Waals surface area contributed by atoms with Crippen LogP contribution in [0.5, 0.6) is 5.75 Å². The van der Waals surface area contributed by atoms with E-state index in [1.165, 1.54) is 0 Å². The molecule has 1 N–H and O–H groups in total. The number of aliphatic hydroxyl groups is 1. The molecule has 1 atom stereocenters. The molecule has 0 unspecified atom stereocenters. The highest BCUT2D eigenvalue weighted by atomic mass is 16.6. The second-order valence-corrected chi connectivity index (χ2v) is 12.4. The predicted molar refractivity (Wildman–Crippen MR) is 159 cm³/mol. The molecule has 1 saturated heterocycles. The van der Waals surface area contributed by atoms with Gasteiger partial charge in [-0.15, -0.1) is 0 Å². The van der Waals surface area contributed by atoms with Gasteiger partial charge in [0.2, 0.25) is 0 Å². The molecular weight excluding hydrogens is 568 g/mol. The second-order valence-electron chi connectivity index (χ2n) is 12.4. The van der Waals surface area contributed by atoms with Crippen molar-refractivity contribution in [2.24, 2.45) is 0 Å². The Balaban J connectivity index is 1.27. The van der Waals surface area contributed by atoms with Crippen molar-refractivity contribution in [1.82, 2.24) is 19.4 Å². The van der Waals surface area contributed by atoms with Gasteiger partial charge in [0.05, 0.1) is 29.0 Å². The number of amides is 2. The van der Waals surface area contributed by atoms with E-state index in [9.17, 15) is 24.3 Å². The van der Waals surface area contributed by atoms with Crippen LogP contribution < -0.4 is 10.3 Å². The molecule has 12 nitrogen and oxygen atoms in total. The number of aromatic nitrogens is 2. The largest absolute Gasteiger partial charge is 0.458 e. The van der Waals surface area contributed by atoms with E-state index in [0.717, 1.165) is 16.5 Å². The molecular formula is C32H36N4O8. The summed E-state index contributed by atoms with van der Waals surface area (Å²) < 4.78 is 18.0. The van der Waals surface area contributed by atoms with Gasteiger partial charge in [-0.2, -0.15) is 0 Å². The number of aryl methyl sites for hydroxylation is 1. The first-order valence-electron chi connectivity index (χ1n) is 14.9. The van der Waals surface area contributed by atoms with Crippen LogP contribution in [-0.2, 0) is 39.4 Å². The molecule has 2 aromatic heterocycles. The van der Waals surface area contributed by atoms with E-state index in [2.05, 4.69) is 0 Å². The highest BCUT2D eigenvalue weighted by Gasteiger charge is 2.45. The fourth-order valence-corrected chi connectivity index (χ4v) is 6.17. The summed E-state index contributed by atoms with van der Waals surface area (Å²) in [4.78, 5) is 59.5. The van der Waals surface area contributed by atoms with Gasteiger partial charge in [0.1, 0.15) is 18.0 Å². The molecule has 0 bridgehead atoms. The van der Waals surface area contributed by atoms with Crippen molar-refractivity contribution in [3.63, 3.8) is 0 Å². The molecule has 232 valence electrons. The van der Waals surface area contributed by atoms with E-state index in [-0.39, 0.29) is 36.3 Å². The van der Waals surface area contributed by atoms with Crippen molar-refractivity contribution in [2.45, 2.75) is 71.8 Å². The molecule has 3 aliphatic rings. The van der Waals surface area contributed by atoms with Gasteiger partial charge < -0.3 is 33.7 Å². The Morgan fingerprint density at radius 3 is 2.34 bits per heavy atom. The summed E-state index contributed by atoms with van der Waals surface area (Å²) >= 11 is 0. The minimum atomic E-state index is -1.89. The molecule has 0 radical (unpaired) electrons. The highest BCUT2D eigenvalue weighted by molar-refractivity contribution is 5.90. The maximum absolute atomic E-state index is 13.6. The Hall–Kier alpha value is -4.45. The number of carbonyl (C=O) groups excluding carboxylic acids is 3. The number of rotatable bonds is 3. The lowest BCUT2D eigenvalue weighted by Crippen LogP contribution is -2.52. The first kappa shape index (κ1) is 29.6. The molecule has 3 aliphatic heterocycles. The zero-order valence-corrected chi connectivity index (χ0v) is 25.6. The fourth-order valence-electron chi connectivity index (χ4n) is 6.17. The molecule has 2 amide bonds. The molecule has 12 heteroatoms. The van der Waals surface area contributed by atoms with E-state index >= 15 is 0 Å². The minimum Gasteiger partial charge on any atom is -0.458 e. The average Bonchev–Trinajstić information content (AvgIpc) is 3.35. The number of pyridine rings is 2. The van der Waals surface area contributed by atoms with E-state index < -0.39 is 29.4 Å². The Morgan fingerprint density at radius 2 is 1.70 bits per heavy atom. The molecule has 0 spiro atoms. The minimum absolute atomic E-state index is 0.0703. The van der Waals surface area contributed by atoms with Crippen molar-refractivity contribution in [3.05, 3.63) is 56.9 Å². The van der Waals surface area contributed by atoms with Crippen LogP contribution in [0.4, 0.5) is 9.59 Å². The van der Waals surface area contributed by atoms with Gasteiger partial charge in [-0.3, -0.25) is 4.79 Å². The zero-order valence-electron chi connectivity index (χ0n) is 25.6. The first-order chi connectivity index (χ1) is 20.8. The molecule has 44 heavy (non-hydrogen) atoms. The maximum atomic E-state index is 13.6. The average molecular weight is 605 g/mol. The number of hydrogen-bond acceptors (Lipinski definition) is 9. The zero-order chi connectivity index (χ0) is 31.6. The Bertz CT molecular complexity index is 1770. The van der Waals surface area contributed by atoms with Crippen LogP contribution in [0.1, 0.15) is 63.3 Å². The van der Waals surface area contributed by atoms with Gasteiger partial charge >= 0.3 is 18.2 Å². The Labute approximate surface area is 254 Å². The summed E-state index contributed by atoms with van der Waals surface area (Å²) in [7, 11) is 0. The third-order valence-corrected chi connectivity index (χ3v) is 8.53. The van der Waals surface area contributed by atoms with Crippen molar-refractivity contribution < 1.29 is 33.7 Å². The summed E-state index contributed by atoms with van der Waals surface area (Å²) in [5.74, 6) is -0.400. The first-order valence-corrected chi connectivity index (χ1v) is 14.9. The highest BCUT2D eigenvalue weighted by Crippen LogP contribution is 2.40. The number of fused-ring (bicyclic) bond motifs is 5. The normalized spacial score (nSPS) is 19.3. The summed E-state index contributed by atoms with van der Waals surface area (Å²) in [5, 5.41) is 11.9. The van der Waals surface area contributed by atoms with Crippen LogP contribution in [0.25, 0.3) is 22.3 Å². The standard InChI is InChI=1S/C32H36N4O8/c1-6-19-20-14-18(43-29(39)34-10-12-35(13-11-34)30(40)44-31(3,4)5)8-9-24(20)33-26-21(19)16-36-25(26)15-23-22(27(36)37)17-42-28(38)32(23,41)7-2/h8-9,14-15,41H,6-7,10-13,16-17H2,1-5H3/t32-/m0/s1. The van der Waals surface area contributed by atoms with Crippen molar-refractivity contribution in [2.75, 3.05) is 26.2 Å². The molecule has 1 fully saturated rings. The summed E-state index contributed by atoms with van der Waals surface area (Å²) in [5.41, 5.74) is 1.41. The number of esters is 1. The third-order valence-electron chi connectivity index (χ3n) is 8.53. The number of benzene rings is 1. The lowest BCUT2D eigenvalue weighted by atomic mass is 9.86. The van der Waals surface area contributed by atoms with Crippen LogP contribution in [0.3, 0.4) is 0 Å². The molecule has 6 rings (SSSR count). The predicted octanol–water partition coefficient (Wildman–Crippen LogP) is 3.69. The van der Waals surface area contributed by atoms with Crippen molar-refractivity contribution in [1.29, 1.82) is 0 Å². The smallest absolute Gasteiger partial charge is 0.415 e. The second kappa shape index (κ2) is 10.6. The van der Waals surface area contributed by atoms with Crippen molar-refractivity contribution in [3.8, 4) is 17.1 Å². The lowest BCUT2D eigenvalue weighted by Gasteiger charge is -2.35.